The van der Waals surface area contributed by atoms with Crippen LogP contribution in [0.4, 0.5) is 4.39 Å². The number of halogens is 1. The zero-order valence-corrected chi connectivity index (χ0v) is 10.1. The van der Waals surface area contributed by atoms with Crippen molar-refractivity contribution in [3.05, 3.63) is 29.3 Å². The molecule has 100 valence electrons. The SMILES string of the molecule is COc1c(F)cc(-c2cc(C(=O)O)on2)c(C)c1O. The van der Waals surface area contributed by atoms with E-state index in [1.165, 1.54) is 14.0 Å². The van der Waals surface area contributed by atoms with Crippen LogP contribution in [0, 0.1) is 12.7 Å². The van der Waals surface area contributed by atoms with Crippen molar-refractivity contribution in [3.63, 3.8) is 0 Å². The summed E-state index contributed by atoms with van der Waals surface area (Å²) in [6.45, 7) is 1.53. The number of aromatic carboxylic acids is 1. The van der Waals surface area contributed by atoms with Crippen LogP contribution in [0.3, 0.4) is 0 Å². The molecule has 2 N–H and O–H groups in total. The third kappa shape index (κ3) is 2.10. The third-order valence-electron chi connectivity index (χ3n) is 2.66. The number of benzene rings is 1. The minimum absolute atomic E-state index is 0.117. The number of phenolic OH excluding ortho intramolecular Hbond substituents is 1. The molecule has 6 nitrogen and oxygen atoms in total. The van der Waals surface area contributed by atoms with Crippen molar-refractivity contribution in [2.75, 3.05) is 7.11 Å². The fourth-order valence-electron chi connectivity index (χ4n) is 1.67. The number of ether oxygens (including phenoxy) is 1. The van der Waals surface area contributed by atoms with Crippen LogP contribution in [-0.4, -0.2) is 28.4 Å². The lowest BCUT2D eigenvalue weighted by atomic mass is 10.0. The van der Waals surface area contributed by atoms with E-state index in [1.54, 1.807) is 0 Å². The van der Waals surface area contributed by atoms with Gasteiger partial charge in [-0.25, -0.2) is 9.18 Å². The van der Waals surface area contributed by atoms with Gasteiger partial charge in [0, 0.05) is 17.2 Å². The van der Waals surface area contributed by atoms with E-state index in [0.717, 1.165) is 12.1 Å². The second-order valence-electron chi connectivity index (χ2n) is 3.79. The van der Waals surface area contributed by atoms with Crippen molar-refractivity contribution in [2.45, 2.75) is 6.92 Å². The predicted molar refractivity (Wildman–Crippen MR) is 61.8 cm³/mol. The Morgan fingerprint density at radius 3 is 2.68 bits per heavy atom. The van der Waals surface area contributed by atoms with E-state index in [-0.39, 0.29) is 28.5 Å². The summed E-state index contributed by atoms with van der Waals surface area (Å²) in [4.78, 5) is 10.7. The minimum atomic E-state index is -1.28. The van der Waals surface area contributed by atoms with Gasteiger partial charge in [-0.15, -0.1) is 0 Å². The highest BCUT2D eigenvalue weighted by atomic mass is 19.1. The Labute approximate surface area is 107 Å². The van der Waals surface area contributed by atoms with Crippen LogP contribution in [0.1, 0.15) is 16.1 Å². The van der Waals surface area contributed by atoms with Gasteiger partial charge in [-0.3, -0.25) is 0 Å². The van der Waals surface area contributed by atoms with Gasteiger partial charge in [0.25, 0.3) is 0 Å². The Morgan fingerprint density at radius 2 is 2.16 bits per heavy atom. The summed E-state index contributed by atoms with van der Waals surface area (Å²) < 4.78 is 23.0. The molecule has 0 saturated heterocycles. The van der Waals surface area contributed by atoms with Gasteiger partial charge in [0.2, 0.25) is 5.76 Å². The van der Waals surface area contributed by atoms with Crippen LogP contribution in [0.2, 0.25) is 0 Å². The molecule has 0 spiro atoms. The van der Waals surface area contributed by atoms with Crippen molar-refractivity contribution in [2.24, 2.45) is 0 Å². The monoisotopic (exact) mass is 267 g/mol. The fourth-order valence-corrected chi connectivity index (χ4v) is 1.67. The molecule has 1 heterocycles. The Balaban J connectivity index is 2.59. The molecular weight excluding hydrogens is 257 g/mol. The van der Waals surface area contributed by atoms with Crippen molar-refractivity contribution in [3.8, 4) is 22.8 Å². The van der Waals surface area contributed by atoms with Gasteiger partial charge in [-0.2, -0.15) is 0 Å². The zero-order valence-electron chi connectivity index (χ0n) is 10.1. The van der Waals surface area contributed by atoms with E-state index < -0.39 is 11.8 Å². The average molecular weight is 267 g/mol. The molecule has 1 aromatic carbocycles. The van der Waals surface area contributed by atoms with Crippen molar-refractivity contribution in [1.29, 1.82) is 0 Å². The standard InChI is InChI=1S/C12H10FNO5/c1-5-6(3-7(13)11(18-2)10(5)15)8-4-9(12(16)17)19-14-8/h3-4,15H,1-2H3,(H,16,17). The normalized spacial score (nSPS) is 10.5. The number of carbonyl (C=O) groups is 1. The Bertz CT molecular complexity index is 650. The first-order chi connectivity index (χ1) is 8.95. The highest BCUT2D eigenvalue weighted by Gasteiger charge is 2.20. The number of rotatable bonds is 3. The molecule has 0 fully saturated rings. The van der Waals surface area contributed by atoms with E-state index in [0.29, 0.717) is 5.56 Å². The average Bonchev–Trinajstić information content (AvgIpc) is 2.84. The van der Waals surface area contributed by atoms with Crippen LogP contribution in [-0.2, 0) is 0 Å². The number of aromatic nitrogens is 1. The molecule has 0 saturated carbocycles. The number of aromatic hydroxyl groups is 1. The van der Waals surface area contributed by atoms with Crippen molar-refractivity contribution in [1.82, 2.24) is 5.16 Å². The largest absolute Gasteiger partial charge is 0.504 e. The maximum absolute atomic E-state index is 13.7. The molecule has 19 heavy (non-hydrogen) atoms. The van der Waals surface area contributed by atoms with Gasteiger partial charge in [0.15, 0.2) is 17.3 Å². The molecule has 0 aliphatic heterocycles. The summed E-state index contributed by atoms with van der Waals surface area (Å²) in [5.41, 5.74) is 0.655. The summed E-state index contributed by atoms with van der Waals surface area (Å²) in [6.07, 6.45) is 0. The smallest absolute Gasteiger partial charge is 0.374 e. The lowest BCUT2D eigenvalue weighted by Gasteiger charge is -2.10. The van der Waals surface area contributed by atoms with E-state index in [9.17, 15) is 14.3 Å². The van der Waals surface area contributed by atoms with Crippen LogP contribution in [0.25, 0.3) is 11.3 Å². The molecule has 7 heteroatoms. The number of phenols is 1. The van der Waals surface area contributed by atoms with Gasteiger partial charge >= 0.3 is 5.97 Å². The van der Waals surface area contributed by atoms with E-state index >= 15 is 0 Å². The maximum atomic E-state index is 13.7. The van der Waals surface area contributed by atoms with Gasteiger partial charge in [0.05, 0.1) is 7.11 Å². The topological polar surface area (TPSA) is 92.8 Å². The second-order valence-corrected chi connectivity index (χ2v) is 3.79. The molecule has 0 atom stereocenters. The van der Waals surface area contributed by atoms with E-state index in [4.69, 9.17) is 9.84 Å². The molecule has 2 aromatic rings. The number of nitrogens with zero attached hydrogens (tertiary/aromatic N) is 1. The number of methoxy groups -OCH3 is 1. The molecule has 0 bridgehead atoms. The summed E-state index contributed by atoms with van der Waals surface area (Å²) in [5, 5.41) is 22.1. The minimum Gasteiger partial charge on any atom is -0.504 e. The lowest BCUT2D eigenvalue weighted by molar-refractivity contribution is 0.0652. The highest BCUT2D eigenvalue weighted by Crippen LogP contribution is 2.38. The summed E-state index contributed by atoms with van der Waals surface area (Å²) >= 11 is 0. The van der Waals surface area contributed by atoms with Crippen LogP contribution < -0.4 is 4.74 Å². The summed E-state index contributed by atoms with van der Waals surface area (Å²) in [6, 6.07) is 2.24. The summed E-state index contributed by atoms with van der Waals surface area (Å²) in [5.74, 6) is -3.07. The first kappa shape index (κ1) is 12.9. The highest BCUT2D eigenvalue weighted by molar-refractivity contribution is 5.86. The van der Waals surface area contributed by atoms with Gasteiger partial charge in [-0.05, 0) is 13.0 Å². The maximum Gasteiger partial charge on any atom is 0.374 e. The molecule has 0 unspecified atom stereocenters. The first-order valence-corrected chi connectivity index (χ1v) is 5.22. The van der Waals surface area contributed by atoms with Gasteiger partial charge in [0.1, 0.15) is 5.69 Å². The number of hydrogen-bond acceptors (Lipinski definition) is 5. The second kappa shape index (κ2) is 4.60. The predicted octanol–water partition coefficient (Wildman–Crippen LogP) is 2.20. The number of carboxylic acid groups (broad SMARTS) is 1. The lowest BCUT2D eigenvalue weighted by Crippen LogP contribution is -1.94. The summed E-state index contributed by atoms with van der Waals surface area (Å²) in [7, 11) is 1.23. The third-order valence-corrected chi connectivity index (χ3v) is 2.66. The van der Waals surface area contributed by atoms with Gasteiger partial charge in [-0.1, -0.05) is 5.16 Å². The molecule has 2 rings (SSSR count). The quantitative estimate of drug-likeness (QED) is 0.885. The van der Waals surface area contributed by atoms with Crippen LogP contribution >= 0.6 is 0 Å². The number of carboxylic acids is 1. The van der Waals surface area contributed by atoms with Crippen molar-refractivity contribution < 1.29 is 28.7 Å². The van der Waals surface area contributed by atoms with Gasteiger partial charge < -0.3 is 19.5 Å². The first-order valence-electron chi connectivity index (χ1n) is 5.22. The number of hydrogen-bond donors (Lipinski definition) is 2. The molecule has 0 radical (unpaired) electrons. The Hall–Kier alpha value is -2.57. The molecule has 0 aliphatic rings. The molecule has 0 amide bonds. The Morgan fingerprint density at radius 1 is 1.47 bits per heavy atom. The molecule has 1 aromatic heterocycles. The molecular formula is C12H10FNO5. The van der Waals surface area contributed by atoms with Crippen molar-refractivity contribution >= 4 is 5.97 Å². The fraction of sp³-hybridized carbons (Fsp3) is 0.167. The zero-order chi connectivity index (χ0) is 14.2. The van der Waals surface area contributed by atoms with Crippen LogP contribution in [0.5, 0.6) is 11.5 Å². The van der Waals surface area contributed by atoms with Crippen LogP contribution in [0.15, 0.2) is 16.7 Å². The van der Waals surface area contributed by atoms with E-state index in [2.05, 4.69) is 9.68 Å². The van der Waals surface area contributed by atoms with E-state index in [1.807, 2.05) is 0 Å². The molecule has 0 aliphatic carbocycles. The Kier molecular flexibility index (Phi) is 3.12.